The molecule has 1 aromatic carbocycles. The van der Waals surface area contributed by atoms with E-state index in [9.17, 15) is 4.79 Å². The van der Waals surface area contributed by atoms with Crippen LogP contribution in [0.5, 0.6) is 0 Å². The molecule has 1 aromatic rings. The lowest BCUT2D eigenvalue weighted by Gasteiger charge is -2.13. The Bertz CT molecular complexity index is 531. The molecular weight excluding hydrogens is 282 g/mol. The minimum atomic E-state index is -0.0619. The first-order valence-corrected chi connectivity index (χ1v) is 8.32. The van der Waals surface area contributed by atoms with E-state index in [1.54, 1.807) is 6.07 Å². The van der Waals surface area contributed by atoms with E-state index >= 15 is 0 Å². The summed E-state index contributed by atoms with van der Waals surface area (Å²) >= 11 is 1.81. The standard InChI is InChI=1S/C17H23NO2S/c1-4-21-12-14(3)18-17(20)16-10-13(2)9-15(11-16)7-5-6-8-19/h9-11,14,19H,4,6,8,12H2,1-3H3,(H,18,20). The summed E-state index contributed by atoms with van der Waals surface area (Å²) < 4.78 is 0. The molecule has 0 aliphatic rings. The van der Waals surface area contributed by atoms with Crippen LogP contribution in [0.3, 0.4) is 0 Å². The Morgan fingerprint density at radius 1 is 1.43 bits per heavy atom. The highest BCUT2D eigenvalue weighted by molar-refractivity contribution is 7.99. The number of amides is 1. The second-order valence-electron chi connectivity index (χ2n) is 4.90. The summed E-state index contributed by atoms with van der Waals surface area (Å²) in [5.74, 6) is 7.76. The molecule has 21 heavy (non-hydrogen) atoms. The molecule has 0 heterocycles. The lowest BCUT2D eigenvalue weighted by Crippen LogP contribution is -2.34. The van der Waals surface area contributed by atoms with Crippen LogP contribution in [-0.4, -0.2) is 35.2 Å². The van der Waals surface area contributed by atoms with Crippen LogP contribution in [0, 0.1) is 18.8 Å². The van der Waals surface area contributed by atoms with E-state index in [0.29, 0.717) is 12.0 Å². The SMILES string of the molecule is CCSCC(C)NC(=O)c1cc(C)cc(C#CCCO)c1. The van der Waals surface area contributed by atoms with Crippen molar-refractivity contribution in [3.63, 3.8) is 0 Å². The van der Waals surface area contributed by atoms with Crippen LogP contribution in [0.25, 0.3) is 0 Å². The van der Waals surface area contributed by atoms with Gasteiger partial charge in [0.25, 0.3) is 5.91 Å². The zero-order valence-electron chi connectivity index (χ0n) is 12.9. The quantitative estimate of drug-likeness (QED) is 0.794. The van der Waals surface area contributed by atoms with Crippen molar-refractivity contribution in [1.82, 2.24) is 5.32 Å². The molecular formula is C17H23NO2S. The first-order valence-electron chi connectivity index (χ1n) is 7.16. The summed E-state index contributed by atoms with van der Waals surface area (Å²) in [6.45, 7) is 6.12. The normalized spacial score (nSPS) is 11.4. The Morgan fingerprint density at radius 3 is 2.86 bits per heavy atom. The van der Waals surface area contributed by atoms with Crippen LogP contribution in [0.15, 0.2) is 18.2 Å². The molecule has 3 nitrogen and oxygen atoms in total. The number of nitrogens with one attached hydrogen (secondary N) is 1. The van der Waals surface area contributed by atoms with E-state index in [1.807, 2.05) is 37.7 Å². The number of hydrogen-bond donors (Lipinski definition) is 2. The highest BCUT2D eigenvalue weighted by atomic mass is 32.2. The number of carbonyl (C=O) groups excluding carboxylic acids is 1. The van der Waals surface area contributed by atoms with Gasteiger partial charge in [-0.05, 0) is 43.4 Å². The van der Waals surface area contributed by atoms with Crippen LogP contribution in [0.4, 0.5) is 0 Å². The molecule has 4 heteroatoms. The topological polar surface area (TPSA) is 49.3 Å². The van der Waals surface area contributed by atoms with Gasteiger partial charge in [-0.15, -0.1) is 0 Å². The van der Waals surface area contributed by atoms with Crippen molar-refractivity contribution in [2.24, 2.45) is 0 Å². The van der Waals surface area contributed by atoms with E-state index < -0.39 is 0 Å². The van der Waals surface area contributed by atoms with Gasteiger partial charge >= 0.3 is 0 Å². The molecule has 1 atom stereocenters. The molecule has 0 aliphatic heterocycles. The van der Waals surface area contributed by atoms with E-state index in [4.69, 9.17) is 5.11 Å². The van der Waals surface area contributed by atoms with Gasteiger partial charge in [-0.2, -0.15) is 11.8 Å². The zero-order valence-corrected chi connectivity index (χ0v) is 13.7. The maximum atomic E-state index is 12.2. The number of thioether (sulfide) groups is 1. The van der Waals surface area contributed by atoms with Gasteiger partial charge in [0.15, 0.2) is 0 Å². The smallest absolute Gasteiger partial charge is 0.251 e. The molecule has 0 radical (unpaired) electrons. The molecule has 0 saturated heterocycles. The Morgan fingerprint density at radius 2 is 2.19 bits per heavy atom. The number of aliphatic hydroxyl groups excluding tert-OH is 1. The maximum absolute atomic E-state index is 12.2. The summed E-state index contributed by atoms with van der Waals surface area (Å²) in [5.41, 5.74) is 2.45. The number of aliphatic hydroxyl groups is 1. The fraction of sp³-hybridized carbons (Fsp3) is 0.471. The molecule has 0 aromatic heterocycles. The molecule has 0 fully saturated rings. The summed E-state index contributed by atoms with van der Waals surface area (Å²) in [4.78, 5) is 12.2. The van der Waals surface area contributed by atoms with Crippen molar-refractivity contribution in [3.05, 3.63) is 34.9 Å². The third kappa shape index (κ3) is 6.70. The number of carbonyl (C=O) groups is 1. The van der Waals surface area contributed by atoms with Crippen molar-refractivity contribution in [1.29, 1.82) is 0 Å². The van der Waals surface area contributed by atoms with Gasteiger partial charge < -0.3 is 10.4 Å². The molecule has 1 unspecified atom stereocenters. The molecule has 0 spiro atoms. The Labute approximate surface area is 131 Å². The average molecular weight is 305 g/mol. The Balaban J connectivity index is 2.78. The van der Waals surface area contributed by atoms with Crippen LogP contribution >= 0.6 is 11.8 Å². The number of benzene rings is 1. The first kappa shape index (κ1) is 17.6. The van der Waals surface area contributed by atoms with Crippen LogP contribution in [-0.2, 0) is 0 Å². The van der Waals surface area contributed by atoms with Crippen molar-refractivity contribution >= 4 is 17.7 Å². The third-order valence-electron chi connectivity index (χ3n) is 2.76. The van der Waals surface area contributed by atoms with Crippen LogP contribution in [0.1, 0.15) is 41.8 Å². The molecule has 1 amide bonds. The van der Waals surface area contributed by atoms with Crippen molar-refractivity contribution in [2.45, 2.75) is 33.2 Å². The van der Waals surface area contributed by atoms with Gasteiger partial charge in [0, 0.05) is 29.3 Å². The lowest BCUT2D eigenvalue weighted by atomic mass is 10.1. The van der Waals surface area contributed by atoms with Gasteiger partial charge in [0.05, 0.1) is 6.61 Å². The fourth-order valence-corrected chi connectivity index (χ4v) is 2.52. The summed E-state index contributed by atoms with van der Waals surface area (Å²) in [6.07, 6.45) is 0.445. The summed E-state index contributed by atoms with van der Waals surface area (Å²) in [6, 6.07) is 5.75. The van der Waals surface area contributed by atoms with Gasteiger partial charge in [-0.1, -0.05) is 18.8 Å². The summed E-state index contributed by atoms with van der Waals surface area (Å²) in [7, 11) is 0. The number of rotatable bonds is 6. The van der Waals surface area contributed by atoms with E-state index in [2.05, 4.69) is 24.1 Å². The Hall–Kier alpha value is -1.44. The van der Waals surface area contributed by atoms with E-state index in [-0.39, 0.29) is 18.6 Å². The average Bonchev–Trinajstić information content (AvgIpc) is 2.44. The van der Waals surface area contributed by atoms with E-state index in [0.717, 1.165) is 22.6 Å². The fourth-order valence-electron chi connectivity index (χ4n) is 1.85. The summed E-state index contributed by atoms with van der Waals surface area (Å²) in [5, 5.41) is 11.7. The predicted octanol–water partition coefficient (Wildman–Crippen LogP) is 2.60. The molecule has 0 aliphatic carbocycles. The second-order valence-corrected chi connectivity index (χ2v) is 6.22. The van der Waals surface area contributed by atoms with E-state index in [1.165, 1.54) is 0 Å². The highest BCUT2D eigenvalue weighted by Crippen LogP contribution is 2.10. The maximum Gasteiger partial charge on any atom is 0.251 e. The number of hydrogen-bond acceptors (Lipinski definition) is 3. The molecule has 0 bridgehead atoms. The van der Waals surface area contributed by atoms with Gasteiger partial charge in [0.2, 0.25) is 0 Å². The van der Waals surface area contributed by atoms with Crippen LogP contribution < -0.4 is 5.32 Å². The largest absolute Gasteiger partial charge is 0.395 e. The molecule has 0 saturated carbocycles. The van der Waals surface area contributed by atoms with Gasteiger partial charge in [0.1, 0.15) is 0 Å². The zero-order chi connectivity index (χ0) is 15.7. The minimum Gasteiger partial charge on any atom is -0.395 e. The van der Waals surface area contributed by atoms with Crippen LogP contribution in [0.2, 0.25) is 0 Å². The highest BCUT2D eigenvalue weighted by Gasteiger charge is 2.10. The number of aryl methyl sites for hydroxylation is 1. The van der Waals surface area contributed by atoms with Crippen molar-refractivity contribution < 1.29 is 9.90 Å². The molecule has 2 N–H and O–H groups in total. The molecule has 1 rings (SSSR count). The van der Waals surface area contributed by atoms with Crippen molar-refractivity contribution in [2.75, 3.05) is 18.1 Å². The first-order chi connectivity index (χ1) is 10.1. The van der Waals surface area contributed by atoms with Gasteiger partial charge in [-0.25, -0.2) is 0 Å². The Kier molecular flexibility index (Phi) is 7.96. The van der Waals surface area contributed by atoms with Crippen molar-refractivity contribution in [3.8, 4) is 11.8 Å². The lowest BCUT2D eigenvalue weighted by molar-refractivity contribution is 0.0943. The predicted molar refractivity (Wildman–Crippen MR) is 89.7 cm³/mol. The second kappa shape index (κ2) is 9.49. The van der Waals surface area contributed by atoms with Gasteiger partial charge in [-0.3, -0.25) is 4.79 Å². The molecule has 114 valence electrons. The monoisotopic (exact) mass is 305 g/mol. The minimum absolute atomic E-state index is 0.0543. The third-order valence-corrected chi connectivity index (χ3v) is 3.90.